The molecular formula is C13H11N3O. The number of para-hydroxylation sites is 1. The van der Waals surface area contributed by atoms with Gasteiger partial charge in [-0.25, -0.2) is 0 Å². The van der Waals surface area contributed by atoms with Gasteiger partial charge in [0, 0.05) is 11.1 Å². The van der Waals surface area contributed by atoms with Crippen LogP contribution in [0.5, 0.6) is 0 Å². The van der Waals surface area contributed by atoms with Crippen molar-refractivity contribution in [1.29, 1.82) is 0 Å². The van der Waals surface area contributed by atoms with Gasteiger partial charge in [0.25, 0.3) is 0 Å². The third-order valence-electron chi connectivity index (χ3n) is 2.92. The summed E-state index contributed by atoms with van der Waals surface area (Å²) in [4.78, 5) is 15.5. The fourth-order valence-corrected chi connectivity index (χ4v) is 2.10. The number of aromatic amines is 1. The van der Waals surface area contributed by atoms with E-state index in [0.29, 0.717) is 33.2 Å². The highest BCUT2D eigenvalue weighted by Gasteiger charge is 2.08. The first-order valence-corrected chi connectivity index (χ1v) is 5.27. The van der Waals surface area contributed by atoms with E-state index in [1.54, 1.807) is 30.3 Å². The van der Waals surface area contributed by atoms with Gasteiger partial charge < -0.3 is 16.5 Å². The number of hydrogen-bond acceptors (Lipinski definition) is 3. The van der Waals surface area contributed by atoms with Crippen molar-refractivity contribution in [3.05, 3.63) is 46.6 Å². The Labute approximate surface area is 96.9 Å². The van der Waals surface area contributed by atoms with E-state index in [1.807, 2.05) is 6.07 Å². The van der Waals surface area contributed by atoms with Crippen molar-refractivity contribution in [2.75, 3.05) is 11.5 Å². The van der Waals surface area contributed by atoms with Gasteiger partial charge in [0.1, 0.15) is 0 Å². The Bertz CT molecular complexity index is 790. The number of anilines is 2. The maximum Gasteiger partial charge on any atom is 0.199 e. The first-order chi connectivity index (χ1) is 8.18. The first kappa shape index (κ1) is 9.72. The summed E-state index contributed by atoms with van der Waals surface area (Å²) in [5.74, 6) is 0. The highest BCUT2D eigenvalue weighted by Crippen LogP contribution is 2.22. The molecule has 0 aliphatic rings. The molecule has 0 saturated heterocycles. The summed E-state index contributed by atoms with van der Waals surface area (Å²) >= 11 is 0. The maximum atomic E-state index is 12.3. The zero-order valence-electron chi connectivity index (χ0n) is 9.03. The average molecular weight is 225 g/mol. The molecule has 2 aromatic carbocycles. The van der Waals surface area contributed by atoms with Crippen LogP contribution in [-0.4, -0.2) is 4.98 Å². The molecular weight excluding hydrogens is 214 g/mol. The molecule has 0 aliphatic carbocycles. The molecule has 3 rings (SSSR count). The van der Waals surface area contributed by atoms with Crippen molar-refractivity contribution in [2.24, 2.45) is 0 Å². The fraction of sp³-hybridized carbons (Fsp3) is 0. The molecule has 17 heavy (non-hydrogen) atoms. The molecule has 0 unspecified atom stereocenters. The molecule has 5 N–H and O–H groups in total. The summed E-state index contributed by atoms with van der Waals surface area (Å²) in [6, 6.07) is 10.6. The lowest BCUT2D eigenvalue weighted by molar-refractivity contribution is 1.48. The predicted molar refractivity (Wildman–Crippen MR) is 70.9 cm³/mol. The van der Waals surface area contributed by atoms with Crippen LogP contribution in [-0.2, 0) is 0 Å². The number of nitrogens with one attached hydrogen (secondary N) is 1. The highest BCUT2D eigenvalue weighted by molar-refractivity contribution is 6.01. The van der Waals surface area contributed by atoms with E-state index in [-0.39, 0.29) is 5.43 Å². The van der Waals surface area contributed by atoms with Crippen LogP contribution >= 0.6 is 0 Å². The maximum absolute atomic E-state index is 12.3. The Balaban J connectivity index is 2.68. The summed E-state index contributed by atoms with van der Waals surface area (Å²) in [5.41, 5.74) is 14.0. The Morgan fingerprint density at radius 2 is 1.65 bits per heavy atom. The first-order valence-electron chi connectivity index (χ1n) is 5.27. The molecule has 0 saturated carbocycles. The summed E-state index contributed by atoms with van der Waals surface area (Å²) < 4.78 is 0. The lowest BCUT2D eigenvalue weighted by Crippen LogP contribution is -2.07. The van der Waals surface area contributed by atoms with E-state index in [9.17, 15) is 4.79 Å². The molecule has 0 spiro atoms. The average Bonchev–Trinajstić information content (AvgIpc) is 2.31. The third-order valence-corrected chi connectivity index (χ3v) is 2.92. The number of benzene rings is 2. The minimum Gasteiger partial charge on any atom is -0.398 e. The van der Waals surface area contributed by atoms with Gasteiger partial charge in [-0.3, -0.25) is 4.79 Å². The van der Waals surface area contributed by atoms with Gasteiger partial charge in [0.15, 0.2) is 5.43 Å². The normalized spacial score (nSPS) is 11.1. The number of rotatable bonds is 0. The Morgan fingerprint density at radius 3 is 2.47 bits per heavy atom. The van der Waals surface area contributed by atoms with Crippen LogP contribution in [0.25, 0.3) is 21.8 Å². The van der Waals surface area contributed by atoms with Crippen molar-refractivity contribution in [3.63, 3.8) is 0 Å². The number of pyridine rings is 1. The van der Waals surface area contributed by atoms with Crippen molar-refractivity contribution < 1.29 is 0 Å². The van der Waals surface area contributed by atoms with Gasteiger partial charge >= 0.3 is 0 Å². The van der Waals surface area contributed by atoms with Crippen LogP contribution in [0.4, 0.5) is 11.4 Å². The van der Waals surface area contributed by atoms with Crippen LogP contribution in [0, 0.1) is 0 Å². The molecule has 3 aromatic rings. The number of nitrogens with two attached hydrogens (primary N) is 2. The highest BCUT2D eigenvalue weighted by atomic mass is 16.1. The third kappa shape index (κ3) is 1.27. The van der Waals surface area contributed by atoms with Gasteiger partial charge in [-0.1, -0.05) is 12.1 Å². The van der Waals surface area contributed by atoms with Crippen LogP contribution in [0.1, 0.15) is 0 Å². The van der Waals surface area contributed by atoms with Gasteiger partial charge in [-0.05, 0) is 24.3 Å². The van der Waals surface area contributed by atoms with Gasteiger partial charge in [0.2, 0.25) is 0 Å². The van der Waals surface area contributed by atoms with Gasteiger partial charge in [-0.15, -0.1) is 0 Å². The smallest absolute Gasteiger partial charge is 0.199 e. The lowest BCUT2D eigenvalue weighted by Gasteiger charge is -2.06. The Kier molecular flexibility index (Phi) is 1.86. The van der Waals surface area contributed by atoms with Crippen LogP contribution < -0.4 is 16.9 Å². The molecule has 0 fully saturated rings. The van der Waals surface area contributed by atoms with E-state index in [0.717, 1.165) is 0 Å². The summed E-state index contributed by atoms with van der Waals surface area (Å²) in [5, 5.41) is 1.08. The van der Waals surface area contributed by atoms with Crippen molar-refractivity contribution in [3.8, 4) is 0 Å². The van der Waals surface area contributed by atoms with E-state index in [4.69, 9.17) is 11.5 Å². The van der Waals surface area contributed by atoms with Gasteiger partial charge in [0.05, 0.1) is 22.1 Å². The molecule has 4 nitrogen and oxygen atoms in total. The molecule has 1 heterocycles. The van der Waals surface area contributed by atoms with E-state index in [1.165, 1.54) is 0 Å². The monoisotopic (exact) mass is 225 g/mol. The largest absolute Gasteiger partial charge is 0.398 e. The zero-order valence-corrected chi connectivity index (χ0v) is 9.03. The fourth-order valence-electron chi connectivity index (χ4n) is 2.10. The standard InChI is InChI=1S/C13H11N3O/c14-8-4-2-6-10-11(8)13(17)7-3-1-5-9(15)12(7)16-10/h1-6H,14-15H2,(H,16,17). The van der Waals surface area contributed by atoms with Crippen molar-refractivity contribution >= 4 is 33.2 Å². The second-order valence-corrected chi connectivity index (χ2v) is 3.99. The second-order valence-electron chi connectivity index (χ2n) is 3.99. The van der Waals surface area contributed by atoms with Crippen molar-refractivity contribution in [1.82, 2.24) is 4.98 Å². The minimum absolute atomic E-state index is 0.0841. The summed E-state index contributed by atoms with van der Waals surface area (Å²) in [7, 11) is 0. The van der Waals surface area contributed by atoms with Crippen LogP contribution in [0.15, 0.2) is 41.2 Å². The Hall–Kier alpha value is -2.49. The topological polar surface area (TPSA) is 84.9 Å². The molecule has 1 aromatic heterocycles. The number of H-pyrrole nitrogens is 1. The van der Waals surface area contributed by atoms with Crippen molar-refractivity contribution in [2.45, 2.75) is 0 Å². The van der Waals surface area contributed by atoms with E-state index >= 15 is 0 Å². The molecule has 0 atom stereocenters. The number of nitrogen functional groups attached to an aromatic ring is 2. The molecule has 0 bridgehead atoms. The molecule has 0 radical (unpaired) electrons. The van der Waals surface area contributed by atoms with Gasteiger partial charge in [-0.2, -0.15) is 0 Å². The van der Waals surface area contributed by atoms with Crippen LogP contribution in [0.3, 0.4) is 0 Å². The minimum atomic E-state index is -0.0841. The predicted octanol–water partition coefficient (Wildman–Crippen LogP) is 1.85. The van der Waals surface area contributed by atoms with Crippen LogP contribution in [0.2, 0.25) is 0 Å². The second kappa shape index (κ2) is 3.25. The number of fused-ring (bicyclic) bond motifs is 2. The number of aromatic nitrogens is 1. The SMILES string of the molecule is Nc1cccc2c(=O)c3c(N)cccc3[nH]c12. The zero-order chi connectivity index (χ0) is 12.0. The molecule has 0 amide bonds. The Morgan fingerprint density at radius 1 is 0.941 bits per heavy atom. The summed E-state index contributed by atoms with van der Waals surface area (Å²) in [6.07, 6.45) is 0. The molecule has 4 heteroatoms. The van der Waals surface area contributed by atoms with E-state index in [2.05, 4.69) is 4.98 Å². The lowest BCUT2D eigenvalue weighted by atomic mass is 10.1. The summed E-state index contributed by atoms with van der Waals surface area (Å²) in [6.45, 7) is 0. The molecule has 0 aliphatic heterocycles. The quantitative estimate of drug-likeness (QED) is 0.403. The molecule has 84 valence electrons. The number of hydrogen-bond donors (Lipinski definition) is 3. The van der Waals surface area contributed by atoms with E-state index < -0.39 is 0 Å².